The number of hydrogen-bond donors (Lipinski definition) is 2. The molecule has 0 bridgehead atoms. The molecule has 1 aromatic carbocycles. The van der Waals surface area contributed by atoms with Gasteiger partial charge in [-0.15, -0.1) is 0 Å². The van der Waals surface area contributed by atoms with Crippen LogP contribution in [0, 0.1) is 26.6 Å². The lowest BCUT2D eigenvalue weighted by molar-refractivity contribution is 0.0961. The fourth-order valence-corrected chi connectivity index (χ4v) is 2.43. The number of hydrogen-bond acceptors (Lipinski definition) is 5. The number of nitrogens with one attached hydrogen (secondary N) is 2. The minimum absolute atomic E-state index is 0.314. The number of benzene rings is 1. The largest absolute Gasteiger partial charge is 0.271 e. The third kappa shape index (κ3) is 3.29. The molecule has 0 aliphatic heterocycles. The lowest BCUT2D eigenvalue weighted by atomic mass is 10.1. The topological polar surface area (TPSA) is 79.8 Å². The minimum Gasteiger partial charge on any atom is -0.267 e. The molecule has 0 saturated heterocycles. The maximum Gasteiger partial charge on any atom is 0.271 e. The van der Waals surface area contributed by atoms with E-state index in [9.17, 15) is 9.18 Å². The van der Waals surface area contributed by atoms with Crippen molar-refractivity contribution in [3.63, 3.8) is 0 Å². The molecular weight excluding hydrogens is 309 g/mol. The highest BCUT2D eigenvalue weighted by molar-refractivity contribution is 5.99. The quantitative estimate of drug-likeness (QED) is 0.724. The van der Waals surface area contributed by atoms with Crippen LogP contribution in [-0.4, -0.2) is 20.9 Å². The van der Waals surface area contributed by atoms with E-state index in [-0.39, 0.29) is 11.7 Å². The molecule has 2 N–H and O–H groups in total. The lowest BCUT2D eigenvalue weighted by Crippen LogP contribution is -2.31. The molecule has 0 spiro atoms. The third-order valence-corrected chi connectivity index (χ3v) is 3.49. The molecule has 0 atom stereocenters. The molecule has 0 fully saturated rings. The summed E-state index contributed by atoms with van der Waals surface area (Å²) in [6.07, 6.45) is 0. The molecule has 6 nitrogen and oxygen atoms in total. The van der Waals surface area contributed by atoms with Crippen LogP contribution in [0.5, 0.6) is 0 Å². The number of aromatic nitrogens is 3. The number of nitrogens with zero attached hydrogens (tertiary/aromatic N) is 3. The molecular formula is C17H16FN5O. The first-order valence-electron chi connectivity index (χ1n) is 7.38. The number of aryl methyl sites for hydroxylation is 3. The van der Waals surface area contributed by atoms with E-state index in [0.29, 0.717) is 28.1 Å². The van der Waals surface area contributed by atoms with Crippen molar-refractivity contribution in [1.82, 2.24) is 20.4 Å². The zero-order chi connectivity index (χ0) is 17.3. The Kier molecular flexibility index (Phi) is 4.07. The first kappa shape index (κ1) is 15.8. The van der Waals surface area contributed by atoms with Gasteiger partial charge in [-0.25, -0.2) is 14.4 Å². The minimum atomic E-state index is -0.367. The summed E-state index contributed by atoms with van der Waals surface area (Å²) in [5.74, 6) is -0.413. The number of carbonyl (C=O) groups excluding carboxylic acids is 1. The fourth-order valence-electron chi connectivity index (χ4n) is 2.43. The zero-order valence-corrected chi connectivity index (χ0v) is 13.5. The predicted octanol–water partition coefficient (Wildman–Crippen LogP) is 2.85. The van der Waals surface area contributed by atoms with Gasteiger partial charge in [-0.3, -0.25) is 20.6 Å². The molecule has 0 unspecified atom stereocenters. The zero-order valence-electron chi connectivity index (χ0n) is 13.5. The van der Waals surface area contributed by atoms with Crippen LogP contribution in [0.1, 0.15) is 27.4 Å². The van der Waals surface area contributed by atoms with E-state index in [4.69, 9.17) is 0 Å². The van der Waals surface area contributed by atoms with Crippen molar-refractivity contribution >= 4 is 22.8 Å². The average molecular weight is 325 g/mol. The van der Waals surface area contributed by atoms with Crippen molar-refractivity contribution in [3.05, 3.63) is 58.8 Å². The molecule has 3 aromatic rings. The molecule has 3 rings (SSSR count). The van der Waals surface area contributed by atoms with Crippen LogP contribution in [0.3, 0.4) is 0 Å². The van der Waals surface area contributed by atoms with Gasteiger partial charge >= 0.3 is 0 Å². The molecule has 0 saturated carbocycles. The summed E-state index contributed by atoms with van der Waals surface area (Å²) >= 11 is 0. The Morgan fingerprint density at radius 3 is 2.42 bits per heavy atom. The Bertz CT molecular complexity index is 921. The number of fused-ring (bicyclic) bond motifs is 1. The lowest BCUT2D eigenvalue weighted by Gasteiger charge is -2.10. The molecule has 7 heteroatoms. The number of anilines is 1. The number of hydrazine groups is 1. The molecule has 0 radical (unpaired) electrons. The van der Waals surface area contributed by atoms with Crippen molar-refractivity contribution in [2.24, 2.45) is 0 Å². The summed E-state index contributed by atoms with van der Waals surface area (Å²) in [4.78, 5) is 25.0. The monoisotopic (exact) mass is 325 g/mol. The Morgan fingerprint density at radius 2 is 1.71 bits per heavy atom. The third-order valence-electron chi connectivity index (χ3n) is 3.49. The maximum absolute atomic E-state index is 13.3. The van der Waals surface area contributed by atoms with E-state index >= 15 is 0 Å². The van der Waals surface area contributed by atoms with Crippen molar-refractivity contribution in [1.29, 1.82) is 0 Å². The maximum atomic E-state index is 13.3. The number of amides is 1. The van der Waals surface area contributed by atoms with Gasteiger partial charge in [-0.2, -0.15) is 0 Å². The molecule has 2 heterocycles. The highest BCUT2D eigenvalue weighted by Crippen LogP contribution is 2.17. The molecule has 0 aliphatic carbocycles. The molecule has 24 heavy (non-hydrogen) atoms. The van der Waals surface area contributed by atoms with Crippen LogP contribution >= 0.6 is 0 Å². The van der Waals surface area contributed by atoms with Crippen LogP contribution in [0.4, 0.5) is 10.3 Å². The number of pyridine rings is 1. The Balaban J connectivity index is 1.83. The van der Waals surface area contributed by atoms with Gasteiger partial charge in [0.25, 0.3) is 5.91 Å². The Labute approximate surface area is 138 Å². The van der Waals surface area contributed by atoms with Gasteiger partial charge in [0, 0.05) is 22.8 Å². The van der Waals surface area contributed by atoms with Crippen LogP contribution in [-0.2, 0) is 0 Å². The van der Waals surface area contributed by atoms with E-state index in [1.807, 2.05) is 19.9 Å². The van der Waals surface area contributed by atoms with Gasteiger partial charge in [-0.05, 0) is 45.0 Å². The smallest absolute Gasteiger partial charge is 0.267 e. The number of halogens is 1. The summed E-state index contributed by atoms with van der Waals surface area (Å²) in [6, 6.07) is 7.78. The van der Waals surface area contributed by atoms with Crippen LogP contribution in [0.25, 0.3) is 10.9 Å². The number of carbonyl (C=O) groups is 1. The van der Waals surface area contributed by atoms with E-state index in [1.165, 1.54) is 12.1 Å². The number of rotatable bonds is 3. The first-order chi connectivity index (χ1) is 11.4. The van der Waals surface area contributed by atoms with E-state index in [1.54, 1.807) is 19.1 Å². The summed E-state index contributed by atoms with van der Waals surface area (Å²) in [6.45, 7) is 5.39. The highest BCUT2D eigenvalue weighted by atomic mass is 19.1. The summed E-state index contributed by atoms with van der Waals surface area (Å²) in [5, 5.41) is 0.690. The molecule has 0 aliphatic rings. The summed E-state index contributed by atoms with van der Waals surface area (Å²) < 4.78 is 13.3. The highest BCUT2D eigenvalue weighted by Gasteiger charge is 2.12. The van der Waals surface area contributed by atoms with Gasteiger partial charge in [0.05, 0.1) is 16.8 Å². The van der Waals surface area contributed by atoms with Gasteiger partial charge in [0.1, 0.15) is 5.82 Å². The predicted molar refractivity (Wildman–Crippen MR) is 89.0 cm³/mol. The van der Waals surface area contributed by atoms with Gasteiger partial charge in [-0.1, -0.05) is 0 Å². The van der Waals surface area contributed by atoms with Crippen molar-refractivity contribution in [2.75, 3.05) is 5.43 Å². The molecule has 122 valence electrons. The Morgan fingerprint density at radius 1 is 1.00 bits per heavy atom. The second kappa shape index (κ2) is 6.19. The second-order valence-corrected chi connectivity index (χ2v) is 5.51. The first-order valence-corrected chi connectivity index (χ1v) is 7.38. The standard InChI is InChI=1S/C17H16FN5O/c1-9-6-10(2)20-17(19-9)23-22-16(24)14-7-12-4-5-13(18)8-15(12)21-11(14)3/h4-8H,1-3H3,(H,22,24)(H,19,20,23). The SMILES string of the molecule is Cc1cc(C)nc(NNC(=O)c2cc3ccc(F)cc3nc2C)n1. The van der Waals surface area contributed by atoms with Crippen LogP contribution in [0.2, 0.25) is 0 Å². The van der Waals surface area contributed by atoms with E-state index in [0.717, 1.165) is 11.4 Å². The van der Waals surface area contributed by atoms with Crippen molar-refractivity contribution < 1.29 is 9.18 Å². The second-order valence-electron chi connectivity index (χ2n) is 5.51. The summed E-state index contributed by atoms with van der Waals surface area (Å²) in [7, 11) is 0. The van der Waals surface area contributed by atoms with E-state index < -0.39 is 0 Å². The van der Waals surface area contributed by atoms with Gasteiger partial charge in [0.2, 0.25) is 5.95 Å². The average Bonchev–Trinajstić information content (AvgIpc) is 2.51. The Hall–Kier alpha value is -3.09. The van der Waals surface area contributed by atoms with Crippen LogP contribution in [0.15, 0.2) is 30.3 Å². The summed E-state index contributed by atoms with van der Waals surface area (Å²) in [5.41, 5.74) is 8.26. The van der Waals surface area contributed by atoms with Gasteiger partial charge < -0.3 is 0 Å². The van der Waals surface area contributed by atoms with Gasteiger partial charge in [0.15, 0.2) is 0 Å². The molecule has 2 aromatic heterocycles. The normalized spacial score (nSPS) is 10.7. The van der Waals surface area contributed by atoms with Crippen molar-refractivity contribution in [3.8, 4) is 0 Å². The fraction of sp³-hybridized carbons (Fsp3) is 0.176. The molecule has 1 amide bonds. The van der Waals surface area contributed by atoms with Crippen LogP contribution < -0.4 is 10.9 Å². The van der Waals surface area contributed by atoms with E-state index in [2.05, 4.69) is 25.8 Å². The van der Waals surface area contributed by atoms with Crippen molar-refractivity contribution in [2.45, 2.75) is 20.8 Å².